The number of thiocarbonyl (C=S) groups is 1. The lowest BCUT2D eigenvalue weighted by atomic mass is 10.1. The molecule has 0 bridgehead atoms. The number of aryl methyl sites for hydroxylation is 2. The van der Waals surface area contributed by atoms with Gasteiger partial charge in [0, 0.05) is 5.56 Å². The first-order valence-electron chi connectivity index (χ1n) is 7.31. The molecule has 2 N–H and O–H groups in total. The first kappa shape index (κ1) is 17.8. The summed E-state index contributed by atoms with van der Waals surface area (Å²) < 4.78 is 12.4. The number of rotatable bonds is 6. The van der Waals surface area contributed by atoms with Gasteiger partial charge in [0.25, 0.3) is 0 Å². The largest absolute Gasteiger partial charge is 0.490 e. The van der Waals surface area contributed by atoms with E-state index >= 15 is 0 Å². The zero-order valence-corrected chi connectivity index (χ0v) is 15.9. The molecule has 0 heterocycles. The minimum absolute atomic E-state index is 0.367. The Kier molecular flexibility index (Phi) is 6.02. The minimum Gasteiger partial charge on any atom is -0.490 e. The topological polar surface area (TPSA) is 44.5 Å². The first-order chi connectivity index (χ1) is 10.9. The van der Waals surface area contributed by atoms with Crippen molar-refractivity contribution in [3.05, 3.63) is 57.1 Å². The van der Waals surface area contributed by atoms with E-state index in [-0.39, 0.29) is 0 Å². The molecule has 0 aliphatic rings. The van der Waals surface area contributed by atoms with Crippen LogP contribution in [0.2, 0.25) is 0 Å². The molecule has 122 valence electrons. The minimum atomic E-state index is 0.367. The lowest BCUT2D eigenvalue weighted by Crippen LogP contribution is -2.11. The molecule has 0 unspecified atom stereocenters. The maximum Gasteiger partial charge on any atom is 0.133 e. The number of hydrogen-bond donors (Lipinski definition) is 1. The van der Waals surface area contributed by atoms with Gasteiger partial charge in [0.2, 0.25) is 0 Å². The third-order valence-corrected chi connectivity index (χ3v) is 4.43. The summed E-state index contributed by atoms with van der Waals surface area (Å²) in [5.74, 6) is 1.65. The van der Waals surface area contributed by atoms with Crippen molar-refractivity contribution in [2.75, 3.05) is 13.2 Å². The van der Waals surface area contributed by atoms with Crippen molar-refractivity contribution in [2.45, 2.75) is 20.8 Å². The molecule has 0 saturated heterocycles. The number of hydrogen-bond acceptors (Lipinski definition) is 3. The second-order valence-electron chi connectivity index (χ2n) is 5.41. The quantitative estimate of drug-likeness (QED) is 0.580. The Morgan fingerprint density at radius 2 is 1.70 bits per heavy atom. The lowest BCUT2D eigenvalue weighted by Gasteiger charge is -2.13. The third kappa shape index (κ3) is 4.69. The van der Waals surface area contributed by atoms with Crippen LogP contribution in [0.4, 0.5) is 0 Å². The van der Waals surface area contributed by atoms with E-state index in [0.717, 1.165) is 27.1 Å². The van der Waals surface area contributed by atoms with Crippen LogP contribution < -0.4 is 15.2 Å². The van der Waals surface area contributed by atoms with Crippen LogP contribution in [0, 0.1) is 20.8 Å². The van der Waals surface area contributed by atoms with Crippen LogP contribution in [0.3, 0.4) is 0 Å². The molecule has 23 heavy (non-hydrogen) atoms. The van der Waals surface area contributed by atoms with Crippen molar-refractivity contribution in [2.24, 2.45) is 5.73 Å². The zero-order valence-electron chi connectivity index (χ0n) is 13.5. The predicted octanol–water partition coefficient (Wildman–Crippen LogP) is 4.47. The fourth-order valence-electron chi connectivity index (χ4n) is 2.23. The van der Waals surface area contributed by atoms with Gasteiger partial charge in [-0.1, -0.05) is 18.3 Å². The SMILES string of the molecule is Cc1cc(C)c(C)c(OCCOc2ccc(C(N)=S)cc2Br)c1. The molecule has 0 amide bonds. The van der Waals surface area contributed by atoms with Crippen LogP contribution in [-0.2, 0) is 0 Å². The first-order valence-corrected chi connectivity index (χ1v) is 8.51. The monoisotopic (exact) mass is 393 g/mol. The second kappa shape index (κ2) is 7.79. The Hall–Kier alpha value is -1.59. The van der Waals surface area contributed by atoms with E-state index < -0.39 is 0 Å². The Labute approximate surface area is 150 Å². The van der Waals surface area contributed by atoms with Crippen molar-refractivity contribution in [1.29, 1.82) is 0 Å². The molecule has 0 aromatic heterocycles. The fraction of sp³-hybridized carbons (Fsp3) is 0.278. The summed E-state index contributed by atoms with van der Waals surface area (Å²) in [7, 11) is 0. The van der Waals surface area contributed by atoms with Crippen molar-refractivity contribution < 1.29 is 9.47 Å². The molecular formula is C18H20BrNO2S. The number of halogens is 1. The van der Waals surface area contributed by atoms with Crippen LogP contribution in [-0.4, -0.2) is 18.2 Å². The maximum absolute atomic E-state index is 5.84. The van der Waals surface area contributed by atoms with Crippen LogP contribution >= 0.6 is 28.1 Å². The van der Waals surface area contributed by atoms with Gasteiger partial charge in [-0.15, -0.1) is 0 Å². The Balaban J connectivity index is 1.92. The molecule has 2 rings (SSSR count). The highest BCUT2D eigenvalue weighted by Gasteiger charge is 2.06. The van der Waals surface area contributed by atoms with Crippen LogP contribution in [0.5, 0.6) is 11.5 Å². The van der Waals surface area contributed by atoms with E-state index in [0.29, 0.717) is 18.2 Å². The molecule has 0 radical (unpaired) electrons. The Morgan fingerprint density at radius 1 is 1.04 bits per heavy atom. The number of ether oxygens (including phenoxy) is 2. The van der Waals surface area contributed by atoms with Crippen LogP contribution in [0.15, 0.2) is 34.8 Å². The van der Waals surface area contributed by atoms with E-state index in [2.05, 4.69) is 48.8 Å². The van der Waals surface area contributed by atoms with Gasteiger partial charge in [0.05, 0.1) is 4.47 Å². The molecular weight excluding hydrogens is 374 g/mol. The predicted molar refractivity (Wildman–Crippen MR) is 102 cm³/mol. The molecule has 3 nitrogen and oxygen atoms in total. The summed E-state index contributed by atoms with van der Waals surface area (Å²) in [6, 6.07) is 9.75. The van der Waals surface area contributed by atoms with E-state index in [9.17, 15) is 0 Å². The van der Waals surface area contributed by atoms with Crippen molar-refractivity contribution >= 4 is 33.1 Å². The van der Waals surface area contributed by atoms with Gasteiger partial charge in [0.1, 0.15) is 29.7 Å². The summed E-state index contributed by atoms with van der Waals surface area (Å²) in [6.07, 6.45) is 0. The molecule has 0 saturated carbocycles. The molecule has 0 aliphatic heterocycles. The van der Waals surface area contributed by atoms with Gasteiger partial charge in [-0.2, -0.15) is 0 Å². The van der Waals surface area contributed by atoms with E-state index in [4.69, 9.17) is 27.4 Å². The van der Waals surface area contributed by atoms with Gasteiger partial charge < -0.3 is 15.2 Å². The van der Waals surface area contributed by atoms with Gasteiger partial charge in [0.15, 0.2) is 0 Å². The standard InChI is InChI=1S/C18H20BrNO2S/c1-11-8-12(2)13(3)17(9-11)22-7-6-21-16-5-4-14(18(20)23)10-15(16)19/h4-5,8-10H,6-7H2,1-3H3,(H2,20,23). The molecule has 0 spiro atoms. The summed E-state index contributed by atoms with van der Waals surface area (Å²) in [6.45, 7) is 7.16. The highest BCUT2D eigenvalue weighted by atomic mass is 79.9. The average molecular weight is 394 g/mol. The highest BCUT2D eigenvalue weighted by molar-refractivity contribution is 9.10. The second-order valence-corrected chi connectivity index (χ2v) is 6.71. The average Bonchev–Trinajstić information content (AvgIpc) is 2.49. The zero-order chi connectivity index (χ0) is 17.0. The summed E-state index contributed by atoms with van der Waals surface area (Å²) in [5, 5.41) is 0. The number of benzene rings is 2. The van der Waals surface area contributed by atoms with Gasteiger partial charge in [-0.3, -0.25) is 0 Å². The Morgan fingerprint density at radius 3 is 2.30 bits per heavy atom. The van der Waals surface area contributed by atoms with E-state index in [1.807, 2.05) is 18.2 Å². The molecule has 5 heteroatoms. The van der Waals surface area contributed by atoms with Crippen LogP contribution in [0.25, 0.3) is 0 Å². The van der Waals surface area contributed by atoms with E-state index in [1.54, 1.807) is 0 Å². The lowest BCUT2D eigenvalue weighted by molar-refractivity contribution is 0.215. The summed E-state index contributed by atoms with van der Waals surface area (Å²) in [4.78, 5) is 0.367. The van der Waals surface area contributed by atoms with Crippen molar-refractivity contribution in [3.8, 4) is 11.5 Å². The molecule has 0 aliphatic carbocycles. The molecule has 2 aromatic carbocycles. The third-order valence-electron chi connectivity index (χ3n) is 3.58. The molecule has 0 fully saturated rings. The Bertz CT molecular complexity index is 731. The summed E-state index contributed by atoms with van der Waals surface area (Å²) in [5.41, 5.74) is 10.0. The molecule has 0 atom stereocenters. The smallest absolute Gasteiger partial charge is 0.133 e. The van der Waals surface area contributed by atoms with Crippen LogP contribution in [0.1, 0.15) is 22.3 Å². The molecule has 2 aromatic rings. The van der Waals surface area contributed by atoms with Crippen molar-refractivity contribution in [1.82, 2.24) is 0 Å². The maximum atomic E-state index is 5.84. The van der Waals surface area contributed by atoms with Gasteiger partial charge in [-0.25, -0.2) is 0 Å². The number of nitrogens with two attached hydrogens (primary N) is 1. The van der Waals surface area contributed by atoms with Crippen molar-refractivity contribution in [3.63, 3.8) is 0 Å². The van der Waals surface area contributed by atoms with Gasteiger partial charge >= 0.3 is 0 Å². The van der Waals surface area contributed by atoms with Gasteiger partial charge in [-0.05, 0) is 77.7 Å². The normalized spacial score (nSPS) is 10.4. The summed E-state index contributed by atoms with van der Waals surface area (Å²) >= 11 is 8.42. The highest BCUT2D eigenvalue weighted by Crippen LogP contribution is 2.26. The van der Waals surface area contributed by atoms with E-state index in [1.165, 1.54) is 11.1 Å². The fourth-order valence-corrected chi connectivity index (χ4v) is 2.85.